The van der Waals surface area contributed by atoms with Crippen LogP contribution in [0.15, 0.2) is 35.2 Å². The van der Waals surface area contributed by atoms with Crippen molar-refractivity contribution < 1.29 is 9.53 Å². The summed E-state index contributed by atoms with van der Waals surface area (Å²) in [4.78, 5) is 11.9. The van der Waals surface area contributed by atoms with E-state index in [-0.39, 0.29) is 6.10 Å². The molecule has 1 unspecified atom stereocenters. The van der Waals surface area contributed by atoms with Crippen LogP contribution in [0.3, 0.4) is 0 Å². The lowest BCUT2D eigenvalue weighted by molar-refractivity contribution is 0.114. The van der Waals surface area contributed by atoms with Crippen molar-refractivity contribution in [3.05, 3.63) is 30.3 Å². The number of ether oxygens (including phenoxy) is 1. The zero-order chi connectivity index (χ0) is 12.5. The van der Waals surface area contributed by atoms with Crippen molar-refractivity contribution in [1.82, 2.24) is 5.32 Å². The third kappa shape index (κ3) is 6.19. The van der Waals surface area contributed by atoms with Crippen LogP contribution in [-0.4, -0.2) is 31.5 Å². The highest BCUT2D eigenvalue weighted by molar-refractivity contribution is 7.99. The topological polar surface area (TPSA) is 64.3 Å². The molecule has 3 N–H and O–H groups in total. The molecule has 0 aliphatic rings. The van der Waals surface area contributed by atoms with Gasteiger partial charge in [0.2, 0.25) is 0 Å². The van der Waals surface area contributed by atoms with Crippen LogP contribution >= 0.6 is 11.8 Å². The fourth-order valence-corrected chi connectivity index (χ4v) is 2.31. The van der Waals surface area contributed by atoms with E-state index < -0.39 is 6.09 Å². The number of primary amides is 1. The van der Waals surface area contributed by atoms with Gasteiger partial charge in [-0.05, 0) is 32.1 Å². The molecule has 0 aromatic heterocycles. The van der Waals surface area contributed by atoms with Crippen molar-refractivity contribution in [2.75, 3.05) is 19.3 Å². The lowest BCUT2D eigenvalue weighted by Crippen LogP contribution is -2.27. The third-order valence-corrected chi connectivity index (χ3v) is 3.32. The summed E-state index contributed by atoms with van der Waals surface area (Å²) in [6, 6.07) is 10.0. The number of rotatable bonds is 7. The molecule has 0 heterocycles. The highest BCUT2D eigenvalue weighted by Crippen LogP contribution is 2.19. The Hall–Kier alpha value is -1.20. The van der Waals surface area contributed by atoms with Crippen molar-refractivity contribution in [3.8, 4) is 0 Å². The van der Waals surface area contributed by atoms with E-state index in [1.54, 1.807) is 11.8 Å². The molecule has 0 spiro atoms. The number of benzene rings is 1. The standard InChI is InChI=1S/C12H18N2O2S/c1-14-8-7-10(16-12(13)15)9-17-11-5-3-2-4-6-11/h2-6,10,14H,7-9H2,1H3,(H2,13,15). The van der Waals surface area contributed by atoms with Gasteiger partial charge in [-0.2, -0.15) is 0 Å². The average Bonchev–Trinajstić information content (AvgIpc) is 2.33. The van der Waals surface area contributed by atoms with Crippen LogP contribution in [0.4, 0.5) is 4.79 Å². The van der Waals surface area contributed by atoms with E-state index in [1.807, 2.05) is 37.4 Å². The maximum Gasteiger partial charge on any atom is 0.404 e. The van der Waals surface area contributed by atoms with Gasteiger partial charge < -0.3 is 15.8 Å². The van der Waals surface area contributed by atoms with Crippen molar-refractivity contribution in [2.45, 2.75) is 17.4 Å². The van der Waals surface area contributed by atoms with Crippen LogP contribution in [0.2, 0.25) is 0 Å². The van der Waals surface area contributed by atoms with Gasteiger partial charge in [0.15, 0.2) is 0 Å². The van der Waals surface area contributed by atoms with Crippen molar-refractivity contribution in [2.24, 2.45) is 5.73 Å². The second kappa shape index (κ2) is 7.97. The lowest BCUT2D eigenvalue weighted by atomic mass is 10.3. The minimum Gasteiger partial charge on any atom is -0.445 e. The molecule has 1 amide bonds. The molecule has 0 aliphatic carbocycles. The van der Waals surface area contributed by atoms with Crippen LogP contribution in [0.1, 0.15) is 6.42 Å². The first kappa shape index (κ1) is 13.9. The van der Waals surface area contributed by atoms with Gasteiger partial charge in [0.05, 0.1) is 0 Å². The van der Waals surface area contributed by atoms with Gasteiger partial charge in [0, 0.05) is 10.6 Å². The Morgan fingerprint density at radius 1 is 1.47 bits per heavy atom. The quantitative estimate of drug-likeness (QED) is 0.729. The first-order valence-corrected chi connectivity index (χ1v) is 6.49. The van der Waals surface area contributed by atoms with Crippen molar-refractivity contribution in [3.63, 3.8) is 0 Å². The Morgan fingerprint density at radius 3 is 2.76 bits per heavy atom. The predicted molar refractivity (Wildman–Crippen MR) is 70.2 cm³/mol. The van der Waals surface area contributed by atoms with Crippen LogP contribution < -0.4 is 11.1 Å². The monoisotopic (exact) mass is 254 g/mol. The molecule has 94 valence electrons. The number of nitrogens with one attached hydrogen (secondary N) is 1. The summed E-state index contributed by atoms with van der Waals surface area (Å²) >= 11 is 1.66. The summed E-state index contributed by atoms with van der Waals surface area (Å²) in [5.41, 5.74) is 5.04. The molecule has 1 atom stereocenters. The maximum atomic E-state index is 10.8. The van der Waals surface area contributed by atoms with E-state index in [9.17, 15) is 4.79 Å². The molecule has 17 heavy (non-hydrogen) atoms. The van der Waals surface area contributed by atoms with Crippen LogP contribution in [-0.2, 0) is 4.74 Å². The Bertz CT molecular complexity index is 333. The Kier molecular flexibility index (Phi) is 6.50. The van der Waals surface area contributed by atoms with E-state index in [1.165, 1.54) is 0 Å². The molecular formula is C12H18N2O2S. The molecule has 0 bridgehead atoms. The second-order valence-electron chi connectivity index (χ2n) is 3.58. The van der Waals surface area contributed by atoms with Crippen LogP contribution in [0.25, 0.3) is 0 Å². The van der Waals surface area contributed by atoms with Gasteiger partial charge >= 0.3 is 6.09 Å². The number of hydrogen-bond acceptors (Lipinski definition) is 4. The Balaban J connectivity index is 2.40. The number of hydrogen-bond donors (Lipinski definition) is 2. The van der Waals surface area contributed by atoms with Gasteiger partial charge in [0.1, 0.15) is 6.10 Å². The molecule has 4 nitrogen and oxygen atoms in total. The minimum atomic E-state index is -0.709. The van der Waals surface area contributed by atoms with E-state index in [0.717, 1.165) is 17.9 Å². The summed E-state index contributed by atoms with van der Waals surface area (Å²) in [6.07, 6.45) is -0.0934. The molecular weight excluding hydrogens is 236 g/mol. The van der Waals surface area contributed by atoms with E-state index >= 15 is 0 Å². The van der Waals surface area contributed by atoms with E-state index in [4.69, 9.17) is 10.5 Å². The van der Waals surface area contributed by atoms with Gasteiger partial charge in [-0.3, -0.25) is 0 Å². The van der Waals surface area contributed by atoms with Gasteiger partial charge in [-0.1, -0.05) is 18.2 Å². The first-order chi connectivity index (χ1) is 8.22. The molecule has 0 radical (unpaired) electrons. The first-order valence-electron chi connectivity index (χ1n) is 5.51. The number of carbonyl (C=O) groups is 1. The highest BCUT2D eigenvalue weighted by Gasteiger charge is 2.12. The zero-order valence-corrected chi connectivity index (χ0v) is 10.7. The molecule has 1 aromatic carbocycles. The predicted octanol–water partition coefficient (Wildman–Crippen LogP) is 1.85. The summed E-state index contributed by atoms with van der Waals surface area (Å²) in [7, 11) is 1.87. The molecule has 0 fully saturated rings. The second-order valence-corrected chi connectivity index (χ2v) is 4.67. The van der Waals surface area contributed by atoms with E-state index in [2.05, 4.69) is 5.32 Å². The fourth-order valence-electron chi connectivity index (χ4n) is 1.35. The maximum absolute atomic E-state index is 10.8. The van der Waals surface area contributed by atoms with Crippen molar-refractivity contribution in [1.29, 1.82) is 0 Å². The summed E-state index contributed by atoms with van der Waals surface area (Å²) in [6.45, 7) is 0.799. The number of thioether (sulfide) groups is 1. The third-order valence-electron chi connectivity index (χ3n) is 2.18. The number of nitrogens with two attached hydrogens (primary N) is 1. The molecule has 5 heteroatoms. The fraction of sp³-hybridized carbons (Fsp3) is 0.417. The number of amides is 1. The molecule has 0 saturated carbocycles. The highest BCUT2D eigenvalue weighted by atomic mass is 32.2. The molecule has 1 aromatic rings. The zero-order valence-electron chi connectivity index (χ0n) is 9.89. The smallest absolute Gasteiger partial charge is 0.404 e. The van der Waals surface area contributed by atoms with Gasteiger partial charge in [-0.15, -0.1) is 11.8 Å². The van der Waals surface area contributed by atoms with Crippen LogP contribution in [0.5, 0.6) is 0 Å². The molecule has 0 aliphatic heterocycles. The lowest BCUT2D eigenvalue weighted by Gasteiger charge is -2.15. The number of carbonyl (C=O) groups excluding carboxylic acids is 1. The van der Waals surface area contributed by atoms with Gasteiger partial charge in [-0.25, -0.2) is 4.79 Å². The average molecular weight is 254 g/mol. The molecule has 1 rings (SSSR count). The summed E-state index contributed by atoms with van der Waals surface area (Å²) in [5.74, 6) is 0.717. The Morgan fingerprint density at radius 2 is 2.18 bits per heavy atom. The van der Waals surface area contributed by atoms with Crippen molar-refractivity contribution >= 4 is 17.9 Å². The summed E-state index contributed by atoms with van der Waals surface area (Å²) in [5, 5.41) is 3.03. The minimum absolute atomic E-state index is 0.148. The van der Waals surface area contributed by atoms with Gasteiger partial charge in [0.25, 0.3) is 0 Å². The summed E-state index contributed by atoms with van der Waals surface area (Å²) < 4.78 is 5.05. The Labute approximate surface area is 106 Å². The largest absolute Gasteiger partial charge is 0.445 e. The SMILES string of the molecule is CNCCC(CSc1ccccc1)OC(N)=O. The van der Waals surface area contributed by atoms with Crippen LogP contribution in [0, 0.1) is 0 Å². The normalized spacial score (nSPS) is 12.1. The molecule has 0 saturated heterocycles. The van der Waals surface area contributed by atoms with E-state index in [0.29, 0.717) is 5.75 Å².